The molecule has 1 aliphatic rings. The SMILES string of the molecule is COC(=O)C(N)Cc1ccc(Oc2ccc(C=C3OC(=O)NC3=O)cc2)c(F)c1. The lowest BCUT2D eigenvalue weighted by molar-refractivity contribution is -0.142. The van der Waals surface area contributed by atoms with Gasteiger partial charge >= 0.3 is 12.1 Å². The van der Waals surface area contributed by atoms with E-state index in [-0.39, 0.29) is 17.9 Å². The molecule has 2 amide bonds. The molecule has 1 aliphatic heterocycles. The summed E-state index contributed by atoms with van der Waals surface area (Å²) >= 11 is 0. The van der Waals surface area contributed by atoms with Gasteiger partial charge in [0, 0.05) is 0 Å². The number of nitrogens with two attached hydrogens (primary N) is 1. The minimum atomic E-state index is -0.881. The first kappa shape index (κ1) is 20.0. The number of amides is 2. The summed E-state index contributed by atoms with van der Waals surface area (Å²) < 4.78 is 29.1. The number of hydrogen-bond acceptors (Lipinski definition) is 7. The van der Waals surface area contributed by atoms with E-state index in [1.54, 1.807) is 30.3 Å². The number of ether oxygens (including phenoxy) is 3. The van der Waals surface area contributed by atoms with E-state index in [1.165, 1.54) is 25.3 Å². The lowest BCUT2D eigenvalue weighted by Gasteiger charge is -2.11. The van der Waals surface area contributed by atoms with Gasteiger partial charge in [-0.15, -0.1) is 0 Å². The minimum absolute atomic E-state index is 0.00408. The van der Waals surface area contributed by atoms with Gasteiger partial charge in [0.15, 0.2) is 17.3 Å². The lowest BCUT2D eigenvalue weighted by Crippen LogP contribution is -2.33. The van der Waals surface area contributed by atoms with E-state index in [0.29, 0.717) is 16.9 Å². The van der Waals surface area contributed by atoms with Crippen LogP contribution >= 0.6 is 0 Å². The molecule has 1 unspecified atom stereocenters. The molecule has 0 radical (unpaired) electrons. The van der Waals surface area contributed by atoms with Gasteiger partial charge in [0.05, 0.1) is 7.11 Å². The van der Waals surface area contributed by atoms with Crippen LogP contribution in [-0.2, 0) is 25.5 Å². The van der Waals surface area contributed by atoms with E-state index < -0.39 is 29.8 Å². The first-order valence-corrected chi connectivity index (χ1v) is 8.50. The average Bonchev–Trinajstić information content (AvgIpc) is 3.01. The van der Waals surface area contributed by atoms with E-state index in [9.17, 15) is 18.8 Å². The first-order valence-electron chi connectivity index (χ1n) is 8.50. The molecule has 1 heterocycles. The largest absolute Gasteiger partial charge is 0.468 e. The standard InChI is InChI=1S/C20H17FN2O6/c1-27-19(25)15(22)9-12-4-7-16(14(21)8-12)28-13-5-2-11(3-6-13)10-17-18(24)23-20(26)29-17/h2-8,10,15H,9,22H2,1H3,(H,23,24,26). The molecule has 0 aromatic heterocycles. The Bertz CT molecular complexity index is 987. The van der Waals surface area contributed by atoms with E-state index in [1.807, 2.05) is 5.32 Å². The number of esters is 1. The average molecular weight is 400 g/mol. The van der Waals surface area contributed by atoms with Gasteiger partial charge in [0.25, 0.3) is 5.91 Å². The summed E-state index contributed by atoms with van der Waals surface area (Å²) in [5.74, 6) is -1.57. The number of methoxy groups -OCH3 is 1. The molecule has 0 spiro atoms. The number of carbonyl (C=O) groups is 3. The van der Waals surface area contributed by atoms with Crippen molar-refractivity contribution in [1.82, 2.24) is 5.32 Å². The molecule has 150 valence electrons. The molecular weight excluding hydrogens is 383 g/mol. The first-order chi connectivity index (χ1) is 13.9. The number of hydrogen-bond donors (Lipinski definition) is 2. The summed E-state index contributed by atoms with van der Waals surface area (Å²) in [5, 5.41) is 1.99. The number of cyclic esters (lactones) is 1. The molecule has 1 saturated heterocycles. The van der Waals surface area contributed by atoms with Crippen molar-refractivity contribution in [2.75, 3.05) is 7.11 Å². The van der Waals surface area contributed by atoms with Crippen LogP contribution in [0.25, 0.3) is 6.08 Å². The maximum atomic E-state index is 14.3. The molecule has 0 saturated carbocycles. The molecule has 0 aliphatic carbocycles. The van der Waals surface area contributed by atoms with Crippen LogP contribution < -0.4 is 15.8 Å². The van der Waals surface area contributed by atoms with E-state index in [4.69, 9.17) is 15.2 Å². The second kappa shape index (κ2) is 8.53. The summed E-state index contributed by atoms with van der Waals surface area (Å²) in [5.41, 5.74) is 6.79. The van der Waals surface area contributed by atoms with Crippen molar-refractivity contribution in [2.45, 2.75) is 12.5 Å². The van der Waals surface area contributed by atoms with Crippen molar-refractivity contribution in [3.63, 3.8) is 0 Å². The van der Waals surface area contributed by atoms with Crippen molar-refractivity contribution in [1.29, 1.82) is 0 Å². The molecule has 1 fully saturated rings. The number of alkyl carbamates (subject to hydrolysis) is 1. The van der Waals surface area contributed by atoms with Crippen LogP contribution in [0, 0.1) is 5.82 Å². The van der Waals surface area contributed by atoms with Crippen LogP contribution in [0.2, 0.25) is 0 Å². The number of imide groups is 1. The van der Waals surface area contributed by atoms with Gasteiger partial charge in [-0.3, -0.25) is 14.9 Å². The maximum Gasteiger partial charge on any atom is 0.419 e. The van der Waals surface area contributed by atoms with Crippen LogP contribution in [0.4, 0.5) is 9.18 Å². The Kier molecular flexibility index (Phi) is 5.89. The predicted molar refractivity (Wildman–Crippen MR) is 99.2 cm³/mol. The zero-order valence-electron chi connectivity index (χ0n) is 15.3. The van der Waals surface area contributed by atoms with Crippen LogP contribution in [-0.4, -0.2) is 31.1 Å². The predicted octanol–water partition coefficient (Wildman–Crippen LogP) is 2.27. The van der Waals surface area contributed by atoms with Gasteiger partial charge in [0.2, 0.25) is 0 Å². The van der Waals surface area contributed by atoms with Gasteiger partial charge in [-0.1, -0.05) is 18.2 Å². The molecular formula is C20H17FN2O6. The van der Waals surface area contributed by atoms with Crippen LogP contribution in [0.5, 0.6) is 11.5 Å². The molecule has 3 N–H and O–H groups in total. The zero-order valence-corrected chi connectivity index (χ0v) is 15.3. The van der Waals surface area contributed by atoms with Gasteiger partial charge < -0.3 is 19.9 Å². The molecule has 9 heteroatoms. The Morgan fingerprint density at radius 1 is 1.24 bits per heavy atom. The highest BCUT2D eigenvalue weighted by atomic mass is 19.1. The highest BCUT2D eigenvalue weighted by Crippen LogP contribution is 2.26. The maximum absolute atomic E-state index is 14.3. The number of rotatable bonds is 6. The van der Waals surface area contributed by atoms with Crippen molar-refractivity contribution >= 4 is 24.0 Å². The zero-order chi connectivity index (χ0) is 21.0. The van der Waals surface area contributed by atoms with E-state index in [0.717, 1.165) is 0 Å². The van der Waals surface area contributed by atoms with Gasteiger partial charge in [-0.25, -0.2) is 9.18 Å². The number of carbonyl (C=O) groups excluding carboxylic acids is 3. The lowest BCUT2D eigenvalue weighted by atomic mass is 10.1. The molecule has 8 nitrogen and oxygen atoms in total. The third kappa shape index (κ3) is 4.96. The van der Waals surface area contributed by atoms with Crippen molar-refractivity contribution in [2.24, 2.45) is 5.73 Å². The van der Waals surface area contributed by atoms with Crippen molar-refractivity contribution in [3.05, 3.63) is 65.2 Å². The number of benzene rings is 2. The fourth-order valence-corrected chi connectivity index (χ4v) is 2.57. The number of nitrogens with one attached hydrogen (secondary N) is 1. The van der Waals surface area contributed by atoms with Crippen molar-refractivity contribution < 1.29 is 33.0 Å². The van der Waals surface area contributed by atoms with Gasteiger partial charge in [0.1, 0.15) is 11.8 Å². The second-order valence-electron chi connectivity index (χ2n) is 6.12. The summed E-state index contributed by atoms with van der Waals surface area (Å²) in [4.78, 5) is 33.8. The van der Waals surface area contributed by atoms with E-state index >= 15 is 0 Å². The third-order valence-corrected chi connectivity index (χ3v) is 4.00. The summed E-state index contributed by atoms with van der Waals surface area (Å²) in [6.07, 6.45) is 0.697. The summed E-state index contributed by atoms with van der Waals surface area (Å²) in [6, 6.07) is 9.77. The Hall–Kier alpha value is -3.72. The molecule has 2 aromatic rings. The molecule has 1 atom stereocenters. The van der Waals surface area contributed by atoms with E-state index in [2.05, 4.69) is 4.74 Å². The Morgan fingerprint density at radius 3 is 2.55 bits per heavy atom. The highest BCUT2D eigenvalue weighted by Gasteiger charge is 2.25. The van der Waals surface area contributed by atoms with Crippen LogP contribution in [0.15, 0.2) is 48.2 Å². The molecule has 29 heavy (non-hydrogen) atoms. The van der Waals surface area contributed by atoms with Crippen LogP contribution in [0.3, 0.4) is 0 Å². The Labute approximate surface area is 165 Å². The smallest absolute Gasteiger partial charge is 0.419 e. The monoisotopic (exact) mass is 400 g/mol. The highest BCUT2D eigenvalue weighted by molar-refractivity contribution is 6.09. The summed E-state index contributed by atoms with van der Waals surface area (Å²) in [7, 11) is 1.23. The fraction of sp³-hybridized carbons (Fsp3) is 0.150. The van der Waals surface area contributed by atoms with Crippen LogP contribution in [0.1, 0.15) is 11.1 Å². The molecule has 2 aromatic carbocycles. The molecule has 3 rings (SSSR count). The minimum Gasteiger partial charge on any atom is -0.468 e. The summed E-state index contributed by atoms with van der Waals surface area (Å²) in [6.45, 7) is 0. The third-order valence-electron chi connectivity index (χ3n) is 4.00. The Morgan fingerprint density at radius 2 is 1.97 bits per heavy atom. The second-order valence-corrected chi connectivity index (χ2v) is 6.12. The topological polar surface area (TPSA) is 117 Å². The normalized spacial score (nSPS) is 15.6. The Balaban J connectivity index is 1.67. The van der Waals surface area contributed by atoms with Gasteiger partial charge in [-0.05, 0) is 47.9 Å². The van der Waals surface area contributed by atoms with Crippen molar-refractivity contribution in [3.8, 4) is 11.5 Å². The molecule has 0 bridgehead atoms. The fourth-order valence-electron chi connectivity index (χ4n) is 2.57. The number of halogens is 1. The quantitative estimate of drug-likeness (QED) is 0.564. The van der Waals surface area contributed by atoms with Gasteiger partial charge in [-0.2, -0.15) is 0 Å².